The maximum absolute atomic E-state index is 12.8. The van der Waals surface area contributed by atoms with Gasteiger partial charge in [-0.1, -0.05) is 59.6 Å². The van der Waals surface area contributed by atoms with Gasteiger partial charge in [0, 0.05) is 22.5 Å². The second kappa shape index (κ2) is 8.61. The van der Waals surface area contributed by atoms with E-state index in [1.165, 1.54) is 19.4 Å². The number of hydrogen-bond donors (Lipinski definition) is 2. The number of para-hydroxylation sites is 1. The zero-order chi connectivity index (χ0) is 20.1. The first-order chi connectivity index (χ1) is 13.4. The number of benzene rings is 2. The number of pyridine rings is 1. The van der Waals surface area contributed by atoms with Crippen LogP contribution in [0.15, 0.2) is 72.9 Å². The lowest BCUT2D eigenvalue weighted by Crippen LogP contribution is -2.45. The highest BCUT2D eigenvalue weighted by atomic mass is 35.5. The number of aliphatic hydroxyl groups is 1. The normalized spacial score (nSPS) is 14.0. The van der Waals surface area contributed by atoms with Crippen molar-refractivity contribution >= 4 is 34.9 Å². The maximum Gasteiger partial charge on any atom is 0.345 e. The lowest BCUT2D eigenvalue weighted by atomic mass is 9.83. The standard InChI is InChI=1S/C21H18Cl2N2O3/c1-28-20(26)21(27,15-9-12-18(23)24-13-15)19(14-7-10-16(22)11-8-14)25-17-5-3-2-4-6-17/h2-13,19,25,27H,1H3. The zero-order valence-electron chi connectivity index (χ0n) is 15.0. The number of hydrogen-bond acceptors (Lipinski definition) is 5. The fourth-order valence-electron chi connectivity index (χ4n) is 2.94. The van der Waals surface area contributed by atoms with Crippen molar-refractivity contribution in [2.75, 3.05) is 12.4 Å². The minimum atomic E-state index is -2.07. The van der Waals surface area contributed by atoms with Gasteiger partial charge >= 0.3 is 5.97 Å². The van der Waals surface area contributed by atoms with Crippen molar-refractivity contribution in [3.8, 4) is 0 Å². The molecule has 0 fully saturated rings. The smallest absolute Gasteiger partial charge is 0.345 e. The molecule has 1 aromatic heterocycles. The van der Waals surface area contributed by atoms with Crippen LogP contribution in [0.4, 0.5) is 5.69 Å². The van der Waals surface area contributed by atoms with E-state index in [2.05, 4.69) is 10.3 Å². The van der Waals surface area contributed by atoms with Gasteiger partial charge in [-0.3, -0.25) is 0 Å². The molecule has 0 saturated carbocycles. The number of aromatic nitrogens is 1. The summed E-state index contributed by atoms with van der Waals surface area (Å²) >= 11 is 11.9. The quantitative estimate of drug-likeness (QED) is 0.453. The second-order valence-corrected chi connectivity index (χ2v) is 6.95. The van der Waals surface area contributed by atoms with Gasteiger partial charge in [0.2, 0.25) is 5.60 Å². The van der Waals surface area contributed by atoms with Crippen molar-refractivity contribution in [2.45, 2.75) is 11.6 Å². The van der Waals surface area contributed by atoms with E-state index < -0.39 is 17.6 Å². The van der Waals surface area contributed by atoms with Crippen LogP contribution in [0.5, 0.6) is 0 Å². The number of rotatable bonds is 6. The molecule has 2 atom stereocenters. The topological polar surface area (TPSA) is 71.5 Å². The molecular weight excluding hydrogens is 399 g/mol. The van der Waals surface area contributed by atoms with Gasteiger partial charge in [-0.15, -0.1) is 0 Å². The third-order valence-corrected chi connectivity index (χ3v) is 4.85. The lowest BCUT2D eigenvalue weighted by Gasteiger charge is -2.35. The Labute approximate surface area is 172 Å². The predicted molar refractivity (Wildman–Crippen MR) is 109 cm³/mol. The average Bonchev–Trinajstić information content (AvgIpc) is 2.73. The first kappa shape index (κ1) is 20.1. The van der Waals surface area contributed by atoms with E-state index in [1.54, 1.807) is 30.3 Å². The molecule has 3 rings (SSSR count). The number of anilines is 1. The van der Waals surface area contributed by atoms with Crippen LogP contribution >= 0.6 is 23.2 Å². The van der Waals surface area contributed by atoms with E-state index in [9.17, 15) is 9.90 Å². The van der Waals surface area contributed by atoms with Crippen LogP contribution in [0.2, 0.25) is 10.2 Å². The Morgan fingerprint density at radius 2 is 1.75 bits per heavy atom. The van der Waals surface area contributed by atoms with Crippen molar-refractivity contribution in [3.63, 3.8) is 0 Å². The molecule has 7 heteroatoms. The Morgan fingerprint density at radius 1 is 1.07 bits per heavy atom. The summed E-state index contributed by atoms with van der Waals surface area (Å²) in [5.41, 5.74) is -0.481. The molecule has 2 unspecified atom stereocenters. The summed E-state index contributed by atoms with van der Waals surface area (Å²) in [5, 5.41) is 15.6. The van der Waals surface area contributed by atoms with E-state index >= 15 is 0 Å². The van der Waals surface area contributed by atoms with E-state index in [4.69, 9.17) is 27.9 Å². The zero-order valence-corrected chi connectivity index (χ0v) is 16.5. The Morgan fingerprint density at radius 3 is 2.32 bits per heavy atom. The summed E-state index contributed by atoms with van der Waals surface area (Å²) in [6.07, 6.45) is 1.36. The summed E-state index contributed by atoms with van der Waals surface area (Å²) in [7, 11) is 1.22. The minimum absolute atomic E-state index is 0.243. The first-order valence-electron chi connectivity index (χ1n) is 8.45. The number of esters is 1. The molecule has 0 spiro atoms. The highest BCUT2D eigenvalue weighted by Gasteiger charge is 2.48. The molecule has 5 nitrogen and oxygen atoms in total. The van der Waals surface area contributed by atoms with Crippen molar-refractivity contribution < 1.29 is 14.6 Å². The van der Waals surface area contributed by atoms with Gasteiger partial charge < -0.3 is 15.2 Å². The molecule has 0 radical (unpaired) electrons. The monoisotopic (exact) mass is 416 g/mol. The van der Waals surface area contributed by atoms with Crippen LogP contribution in [0.1, 0.15) is 17.2 Å². The summed E-state index contributed by atoms with van der Waals surface area (Å²) in [5.74, 6) is -0.833. The fraction of sp³-hybridized carbons (Fsp3) is 0.143. The Bertz CT molecular complexity index is 934. The SMILES string of the molecule is COC(=O)C(O)(c1ccc(Cl)nc1)C(Nc1ccccc1)c1ccc(Cl)cc1. The molecule has 0 aliphatic carbocycles. The van der Waals surface area contributed by atoms with Gasteiger partial charge in [-0.05, 0) is 35.9 Å². The van der Waals surface area contributed by atoms with E-state index in [1.807, 2.05) is 30.3 Å². The van der Waals surface area contributed by atoms with Gasteiger partial charge in [0.05, 0.1) is 13.2 Å². The third-order valence-electron chi connectivity index (χ3n) is 4.37. The average molecular weight is 417 g/mol. The van der Waals surface area contributed by atoms with Crippen LogP contribution in [-0.2, 0) is 15.1 Å². The van der Waals surface area contributed by atoms with Gasteiger partial charge in [-0.2, -0.15) is 0 Å². The number of carbonyl (C=O) groups is 1. The molecule has 144 valence electrons. The van der Waals surface area contributed by atoms with Crippen molar-refractivity contribution in [1.29, 1.82) is 0 Å². The van der Waals surface area contributed by atoms with Crippen molar-refractivity contribution in [1.82, 2.24) is 4.98 Å². The molecule has 0 saturated heterocycles. The van der Waals surface area contributed by atoms with Crippen LogP contribution in [0, 0.1) is 0 Å². The highest BCUT2D eigenvalue weighted by molar-refractivity contribution is 6.30. The Balaban J connectivity index is 2.16. The van der Waals surface area contributed by atoms with E-state index in [0.717, 1.165) is 0 Å². The summed E-state index contributed by atoms with van der Waals surface area (Å²) in [6, 6.07) is 18.3. The van der Waals surface area contributed by atoms with Gasteiger partial charge in [0.15, 0.2) is 0 Å². The number of nitrogens with one attached hydrogen (secondary N) is 1. The fourth-order valence-corrected chi connectivity index (χ4v) is 3.18. The molecule has 3 aromatic rings. The Kier molecular flexibility index (Phi) is 6.19. The number of halogens is 2. The van der Waals surface area contributed by atoms with Gasteiger partial charge in [0.1, 0.15) is 5.15 Å². The number of methoxy groups -OCH3 is 1. The molecular formula is C21H18Cl2N2O3. The van der Waals surface area contributed by atoms with E-state index in [-0.39, 0.29) is 10.7 Å². The van der Waals surface area contributed by atoms with Crippen molar-refractivity contribution in [2.24, 2.45) is 0 Å². The third kappa shape index (κ3) is 4.12. The highest BCUT2D eigenvalue weighted by Crippen LogP contribution is 2.39. The molecule has 0 bridgehead atoms. The molecule has 1 heterocycles. The predicted octanol–water partition coefficient (Wildman–Crippen LogP) is 4.60. The lowest BCUT2D eigenvalue weighted by molar-refractivity contribution is -0.165. The molecule has 2 N–H and O–H groups in total. The van der Waals surface area contributed by atoms with E-state index in [0.29, 0.717) is 16.3 Å². The molecule has 0 amide bonds. The minimum Gasteiger partial charge on any atom is -0.467 e. The number of ether oxygens (including phenoxy) is 1. The second-order valence-electron chi connectivity index (χ2n) is 6.12. The Hall–Kier alpha value is -2.60. The van der Waals surface area contributed by atoms with Crippen LogP contribution < -0.4 is 5.32 Å². The van der Waals surface area contributed by atoms with Crippen molar-refractivity contribution in [3.05, 3.63) is 94.2 Å². The number of nitrogens with zero attached hydrogens (tertiary/aromatic N) is 1. The van der Waals surface area contributed by atoms with Gasteiger partial charge in [-0.25, -0.2) is 9.78 Å². The summed E-state index contributed by atoms with van der Waals surface area (Å²) in [4.78, 5) is 16.8. The summed E-state index contributed by atoms with van der Waals surface area (Å²) in [6.45, 7) is 0. The molecule has 0 aliphatic rings. The molecule has 28 heavy (non-hydrogen) atoms. The summed E-state index contributed by atoms with van der Waals surface area (Å²) < 4.78 is 4.95. The molecule has 2 aromatic carbocycles. The molecule has 0 aliphatic heterocycles. The van der Waals surface area contributed by atoms with Crippen LogP contribution in [-0.4, -0.2) is 23.2 Å². The van der Waals surface area contributed by atoms with Crippen LogP contribution in [0.25, 0.3) is 0 Å². The largest absolute Gasteiger partial charge is 0.467 e. The first-order valence-corrected chi connectivity index (χ1v) is 9.20. The number of carbonyl (C=O) groups excluding carboxylic acids is 1. The van der Waals surface area contributed by atoms with Gasteiger partial charge in [0.25, 0.3) is 0 Å². The maximum atomic E-state index is 12.8. The van der Waals surface area contributed by atoms with Crippen LogP contribution in [0.3, 0.4) is 0 Å².